The van der Waals surface area contributed by atoms with Gasteiger partial charge in [-0.1, -0.05) is 30.8 Å². The number of carbonyl (C=O) groups excluding carboxylic acids is 1. The Kier molecular flexibility index (Phi) is 5.32. The van der Waals surface area contributed by atoms with E-state index in [9.17, 15) is 4.79 Å². The molecule has 1 aromatic carbocycles. The average molecular weight is 397 g/mol. The zero-order valence-electron chi connectivity index (χ0n) is 17.2. The average Bonchev–Trinajstić information content (AvgIpc) is 3.13. The van der Waals surface area contributed by atoms with Crippen LogP contribution in [0.15, 0.2) is 23.4 Å². The number of benzene rings is 1. The van der Waals surface area contributed by atoms with Gasteiger partial charge in [0.2, 0.25) is 5.91 Å². The number of amides is 1. The number of aromatic nitrogens is 3. The van der Waals surface area contributed by atoms with Gasteiger partial charge < -0.3 is 4.90 Å². The Morgan fingerprint density at radius 1 is 1.14 bits per heavy atom. The molecule has 0 radical (unpaired) electrons. The third-order valence-electron chi connectivity index (χ3n) is 5.95. The van der Waals surface area contributed by atoms with Crippen molar-refractivity contribution in [1.29, 1.82) is 0 Å². The molecule has 1 fully saturated rings. The van der Waals surface area contributed by atoms with Gasteiger partial charge in [0, 0.05) is 18.0 Å². The minimum absolute atomic E-state index is 0.221. The van der Waals surface area contributed by atoms with Crippen LogP contribution < -0.4 is 0 Å². The van der Waals surface area contributed by atoms with Crippen LogP contribution in [0.1, 0.15) is 49.3 Å². The van der Waals surface area contributed by atoms with Crippen molar-refractivity contribution >= 4 is 34.2 Å². The predicted octanol–water partition coefficient (Wildman–Crippen LogP) is 4.69. The Balaban J connectivity index is 1.68. The zero-order chi connectivity index (χ0) is 19.8. The van der Waals surface area contributed by atoms with Crippen molar-refractivity contribution in [3.63, 3.8) is 0 Å². The maximum Gasteiger partial charge on any atom is 0.233 e. The SMILES string of the molecule is CC[C@H]1CCCCN1C(=O)CSc1nnc2c(C)cc3c(C)ccc(C)c3n12. The molecular formula is C22H28N4OS. The van der Waals surface area contributed by atoms with Crippen molar-refractivity contribution in [3.8, 4) is 0 Å². The molecule has 1 aliphatic rings. The molecule has 0 bridgehead atoms. The molecule has 6 heteroatoms. The molecule has 1 amide bonds. The third kappa shape index (κ3) is 3.28. The maximum absolute atomic E-state index is 12.9. The van der Waals surface area contributed by atoms with Crippen LogP contribution in [-0.4, -0.2) is 43.7 Å². The first-order valence-corrected chi connectivity index (χ1v) is 11.2. The molecule has 28 heavy (non-hydrogen) atoms. The van der Waals surface area contributed by atoms with Gasteiger partial charge in [-0.2, -0.15) is 0 Å². The molecule has 4 rings (SSSR count). The third-order valence-corrected chi connectivity index (χ3v) is 6.86. The van der Waals surface area contributed by atoms with Gasteiger partial charge in [0.1, 0.15) is 0 Å². The van der Waals surface area contributed by atoms with Gasteiger partial charge >= 0.3 is 0 Å². The number of hydrogen-bond donors (Lipinski definition) is 0. The van der Waals surface area contributed by atoms with E-state index in [2.05, 4.69) is 65.4 Å². The molecule has 1 saturated heterocycles. The summed E-state index contributed by atoms with van der Waals surface area (Å²) < 4.78 is 2.14. The van der Waals surface area contributed by atoms with E-state index in [4.69, 9.17) is 0 Å². The molecule has 3 heterocycles. The fraction of sp³-hybridized carbons (Fsp3) is 0.500. The highest BCUT2D eigenvalue weighted by atomic mass is 32.2. The van der Waals surface area contributed by atoms with Crippen molar-refractivity contribution in [2.45, 2.75) is 64.6 Å². The number of carbonyl (C=O) groups is 1. The fourth-order valence-electron chi connectivity index (χ4n) is 4.36. The molecule has 0 N–H and O–H groups in total. The Labute approximate surface area is 170 Å². The minimum Gasteiger partial charge on any atom is -0.339 e. The Bertz CT molecular complexity index is 1040. The van der Waals surface area contributed by atoms with E-state index in [1.54, 1.807) is 0 Å². The molecule has 0 unspecified atom stereocenters. The molecule has 0 spiro atoms. The van der Waals surface area contributed by atoms with Gasteiger partial charge in [0.05, 0.1) is 11.3 Å². The summed E-state index contributed by atoms with van der Waals surface area (Å²) in [5, 5.41) is 10.9. The van der Waals surface area contributed by atoms with Crippen LogP contribution >= 0.6 is 11.8 Å². The number of aryl methyl sites for hydroxylation is 3. The Morgan fingerprint density at radius 3 is 2.71 bits per heavy atom. The summed E-state index contributed by atoms with van der Waals surface area (Å²) in [6, 6.07) is 6.89. The number of rotatable bonds is 4. The standard InChI is InChI=1S/C22H28N4OS/c1-5-17-8-6-7-11-25(17)19(27)13-28-22-24-23-21-16(4)12-18-14(2)9-10-15(3)20(18)26(21)22/h9-10,12,17H,5-8,11,13H2,1-4H3/t17-/m0/s1. The van der Waals surface area contributed by atoms with Crippen LogP contribution in [0, 0.1) is 20.8 Å². The van der Waals surface area contributed by atoms with Crippen molar-refractivity contribution in [2.75, 3.05) is 12.3 Å². The number of nitrogens with zero attached hydrogens (tertiary/aromatic N) is 4. The lowest BCUT2D eigenvalue weighted by atomic mass is 10.0. The molecule has 0 saturated carbocycles. The van der Waals surface area contributed by atoms with E-state index < -0.39 is 0 Å². The molecular weight excluding hydrogens is 368 g/mol. The summed E-state index contributed by atoms with van der Waals surface area (Å²) in [5.41, 5.74) is 5.56. The van der Waals surface area contributed by atoms with Gasteiger partial charge in [0.15, 0.2) is 10.8 Å². The van der Waals surface area contributed by atoms with Crippen LogP contribution in [0.4, 0.5) is 0 Å². The van der Waals surface area contributed by atoms with Gasteiger partial charge in [-0.15, -0.1) is 10.2 Å². The van der Waals surface area contributed by atoms with Crippen LogP contribution in [0.25, 0.3) is 16.6 Å². The maximum atomic E-state index is 12.9. The number of piperidine rings is 1. The predicted molar refractivity (Wildman–Crippen MR) is 115 cm³/mol. The first-order valence-electron chi connectivity index (χ1n) is 10.2. The second kappa shape index (κ2) is 7.74. The van der Waals surface area contributed by atoms with Gasteiger partial charge in [-0.05, 0) is 69.2 Å². The van der Waals surface area contributed by atoms with Gasteiger partial charge in [-0.3, -0.25) is 9.20 Å². The smallest absolute Gasteiger partial charge is 0.233 e. The van der Waals surface area contributed by atoms with Crippen LogP contribution in [0.5, 0.6) is 0 Å². The highest BCUT2D eigenvalue weighted by Crippen LogP contribution is 2.30. The zero-order valence-corrected chi connectivity index (χ0v) is 18.0. The van der Waals surface area contributed by atoms with Gasteiger partial charge in [-0.25, -0.2) is 0 Å². The molecule has 0 aliphatic carbocycles. The van der Waals surface area contributed by atoms with Crippen molar-refractivity contribution in [1.82, 2.24) is 19.5 Å². The van der Waals surface area contributed by atoms with E-state index in [-0.39, 0.29) is 5.91 Å². The summed E-state index contributed by atoms with van der Waals surface area (Å²) in [7, 11) is 0. The second-order valence-electron chi connectivity index (χ2n) is 7.86. The van der Waals surface area contributed by atoms with Crippen LogP contribution in [0.3, 0.4) is 0 Å². The molecule has 5 nitrogen and oxygen atoms in total. The van der Waals surface area contributed by atoms with E-state index in [1.165, 1.54) is 34.7 Å². The minimum atomic E-state index is 0.221. The topological polar surface area (TPSA) is 50.5 Å². The molecule has 3 aromatic rings. The first kappa shape index (κ1) is 19.2. The summed E-state index contributed by atoms with van der Waals surface area (Å²) in [5.74, 6) is 0.635. The Hall–Kier alpha value is -2.08. The quantitative estimate of drug-likeness (QED) is 0.600. The largest absolute Gasteiger partial charge is 0.339 e. The lowest BCUT2D eigenvalue weighted by molar-refractivity contribution is -0.132. The van der Waals surface area contributed by atoms with Crippen molar-refractivity contribution < 1.29 is 4.79 Å². The normalized spacial score (nSPS) is 17.6. The highest BCUT2D eigenvalue weighted by Gasteiger charge is 2.26. The second-order valence-corrected chi connectivity index (χ2v) is 8.81. The number of hydrogen-bond acceptors (Lipinski definition) is 4. The van der Waals surface area contributed by atoms with E-state index in [0.717, 1.165) is 47.7 Å². The van der Waals surface area contributed by atoms with Crippen LogP contribution in [-0.2, 0) is 4.79 Å². The summed E-state index contributed by atoms with van der Waals surface area (Å²) in [6.07, 6.45) is 4.51. The summed E-state index contributed by atoms with van der Waals surface area (Å²) in [4.78, 5) is 15.0. The Morgan fingerprint density at radius 2 is 1.93 bits per heavy atom. The van der Waals surface area contributed by atoms with Gasteiger partial charge in [0.25, 0.3) is 0 Å². The fourth-order valence-corrected chi connectivity index (χ4v) is 5.18. The van der Waals surface area contributed by atoms with E-state index in [1.807, 2.05) is 0 Å². The first-order chi connectivity index (χ1) is 13.5. The number of pyridine rings is 1. The van der Waals surface area contributed by atoms with Crippen LogP contribution in [0.2, 0.25) is 0 Å². The molecule has 1 atom stereocenters. The van der Waals surface area contributed by atoms with Crippen molar-refractivity contribution in [2.24, 2.45) is 0 Å². The molecule has 1 aliphatic heterocycles. The van der Waals surface area contributed by atoms with Crippen molar-refractivity contribution in [3.05, 3.63) is 34.9 Å². The number of thioether (sulfide) groups is 1. The van der Waals surface area contributed by atoms with E-state index >= 15 is 0 Å². The number of likely N-dealkylation sites (tertiary alicyclic amines) is 1. The summed E-state index contributed by atoms with van der Waals surface area (Å²) in [6.45, 7) is 9.39. The lowest BCUT2D eigenvalue weighted by Gasteiger charge is -2.35. The summed E-state index contributed by atoms with van der Waals surface area (Å²) >= 11 is 1.51. The monoisotopic (exact) mass is 396 g/mol. The molecule has 2 aromatic heterocycles. The lowest BCUT2D eigenvalue weighted by Crippen LogP contribution is -2.44. The molecule has 148 valence electrons. The highest BCUT2D eigenvalue weighted by molar-refractivity contribution is 7.99. The van der Waals surface area contributed by atoms with E-state index in [0.29, 0.717) is 11.8 Å². The number of fused-ring (bicyclic) bond motifs is 3.